The van der Waals surface area contributed by atoms with Crippen LogP contribution in [0.5, 0.6) is 5.75 Å². The number of hydrogen-bond donors (Lipinski definition) is 1. The molecule has 104 valence electrons. The highest BCUT2D eigenvalue weighted by Gasteiger charge is 2.24. The van der Waals surface area contributed by atoms with Crippen molar-refractivity contribution in [2.45, 2.75) is 32.0 Å². The lowest BCUT2D eigenvalue weighted by molar-refractivity contribution is 0.0131. The summed E-state index contributed by atoms with van der Waals surface area (Å²) in [6.07, 6.45) is 2.35. The van der Waals surface area contributed by atoms with Crippen LogP contribution in [0.3, 0.4) is 0 Å². The first-order chi connectivity index (χ1) is 9.36. The first-order valence-corrected chi connectivity index (χ1v) is 7.04. The molecule has 3 rings (SSSR count). The van der Waals surface area contributed by atoms with Gasteiger partial charge in [-0.05, 0) is 30.5 Å². The topological polar surface area (TPSA) is 41.9 Å². The van der Waals surface area contributed by atoms with Crippen molar-refractivity contribution >= 4 is 0 Å². The number of hydrogen-bond acceptors (Lipinski definition) is 4. The minimum absolute atomic E-state index is 0.0832. The molecule has 0 bridgehead atoms. The van der Waals surface area contributed by atoms with Crippen molar-refractivity contribution in [2.24, 2.45) is 0 Å². The Hall–Kier alpha value is -1.10. The third-order valence-electron chi connectivity index (χ3n) is 3.97. The van der Waals surface area contributed by atoms with E-state index in [-0.39, 0.29) is 6.61 Å². The summed E-state index contributed by atoms with van der Waals surface area (Å²) in [4.78, 5) is 2.45. The van der Waals surface area contributed by atoms with Gasteiger partial charge < -0.3 is 14.6 Å². The minimum Gasteiger partial charge on any atom is -0.492 e. The number of fused-ring (bicyclic) bond motifs is 1. The second-order valence-corrected chi connectivity index (χ2v) is 5.29. The summed E-state index contributed by atoms with van der Waals surface area (Å²) in [5.41, 5.74) is 2.12. The first kappa shape index (κ1) is 12.9. The van der Waals surface area contributed by atoms with Crippen molar-refractivity contribution in [3.8, 4) is 5.75 Å². The van der Waals surface area contributed by atoms with Crippen LogP contribution < -0.4 is 4.74 Å². The zero-order valence-corrected chi connectivity index (χ0v) is 11.2. The Bertz CT molecular complexity index is 429. The Balaban J connectivity index is 1.78. The number of benzene rings is 1. The summed E-state index contributed by atoms with van der Waals surface area (Å²) in [6, 6.07) is 6.46. The molecule has 1 aromatic carbocycles. The van der Waals surface area contributed by atoms with Gasteiger partial charge in [0.2, 0.25) is 0 Å². The molecule has 19 heavy (non-hydrogen) atoms. The fourth-order valence-electron chi connectivity index (χ4n) is 2.89. The van der Waals surface area contributed by atoms with E-state index in [1.807, 2.05) is 12.1 Å². The molecule has 0 spiro atoms. The molecule has 1 aromatic rings. The standard InChI is InChI=1S/C15H21NO3/c17-10-12-3-4-15-13(8-12)9-16(5-7-19-15)14-2-1-6-18-11-14/h3-4,8,14,17H,1-2,5-7,9-11H2/t14-/m0/s1. The third-order valence-corrected chi connectivity index (χ3v) is 3.97. The monoisotopic (exact) mass is 263 g/mol. The van der Waals surface area contributed by atoms with Gasteiger partial charge in [0.05, 0.1) is 13.2 Å². The first-order valence-electron chi connectivity index (χ1n) is 7.04. The normalized spacial score (nSPS) is 24.4. The molecule has 2 aliphatic rings. The lowest BCUT2D eigenvalue weighted by Crippen LogP contribution is -2.41. The van der Waals surface area contributed by atoms with Crippen LogP contribution in [0.1, 0.15) is 24.0 Å². The van der Waals surface area contributed by atoms with E-state index in [4.69, 9.17) is 9.47 Å². The molecule has 2 heterocycles. The van der Waals surface area contributed by atoms with Gasteiger partial charge in [0.1, 0.15) is 12.4 Å². The van der Waals surface area contributed by atoms with E-state index in [2.05, 4.69) is 11.0 Å². The second-order valence-electron chi connectivity index (χ2n) is 5.29. The van der Waals surface area contributed by atoms with Crippen LogP contribution in [0.25, 0.3) is 0 Å². The molecule has 0 radical (unpaired) electrons. The molecule has 1 fully saturated rings. The molecule has 0 saturated carbocycles. The Labute approximate surface area is 113 Å². The van der Waals surface area contributed by atoms with Crippen LogP contribution in [0.4, 0.5) is 0 Å². The molecular formula is C15H21NO3. The summed E-state index contributed by atoms with van der Waals surface area (Å²) in [5, 5.41) is 9.25. The highest BCUT2D eigenvalue weighted by molar-refractivity contribution is 5.37. The quantitative estimate of drug-likeness (QED) is 0.879. The fraction of sp³-hybridized carbons (Fsp3) is 0.600. The van der Waals surface area contributed by atoms with Gasteiger partial charge in [-0.3, -0.25) is 4.90 Å². The predicted molar refractivity (Wildman–Crippen MR) is 72.1 cm³/mol. The Morgan fingerprint density at radius 1 is 1.32 bits per heavy atom. The maximum atomic E-state index is 9.25. The predicted octanol–water partition coefficient (Wildman–Crippen LogP) is 1.55. The lowest BCUT2D eigenvalue weighted by atomic mass is 10.1. The molecule has 1 N–H and O–H groups in total. The SMILES string of the molecule is OCc1ccc2c(c1)CN([C@H]1CCCOC1)CCO2. The Morgan fingerprint density at radius 3 is 3.05 bits per heavy atom. The summed E-state index contributed by atoms with van der Waals surface area (Å²) in [6.45, 7) is 4.36. The van der Waals surface area contributed by atoms with Gasteiger partial charge in [0.15, 0.2) is 0 Å². The van der Waals surface area contributed by atoms with E-state index in [0.717, 1.165) is 50.6 Å². The molecule has 0 aromatic heterocycles. The van der Waals surface area contributed by atoms with Gasteiger partial charge in [-0.25, -0.2) is 0 Å². The number of ether oxygens (including phenoxy) is 2. The number of nitrogens with zero attached hydrogens (tertiary/aromatic N) is 1. The molecule has 1 saturated heterocycles. The van der Waals surface area contributed by atoms with Crippen molar-refractivity contribution in [1.29, 1.82) is 0 Å². The highest BCUT2D eigenvalue weighted by atomic mass is 16.5. The largest absolute Gasteiger partial charge is 0.492 e. The smallest absolute Gasteiger partial charge is 0.123 e. The van der Waals surface area contributed by atoms with Crippen molar-refractivity contribution in [2.75, 3.05) is 26.4 Å². The second kappa shape index (κ2) is 5.90. The molecule has 4 nitrogen and oxygen atoms in total. The van der Waals surface area contributed by atoms with Gasteiger partial charge in [-0.15, -0.1) is 0 Å². The number of aliphatic hydroxyl groups excluding tert-OH is 1. The maximum Gasteiger partial charge on any atom is 0.123 e. The fourth-order valence-corrected chi connectivity index (χ4v) is 2.89. The molecule has 1 atom stereocenters. The van der Waals surface area contributed by atoms with Crippen LogP contribution in [0.2, 0.25) is 0 Å². The minimum atomic E-state index is 0.0832. The van der Waals surface area contributed by atoms with E-state index in [1.54, 1.807) is 0 Å². The van der Waals surface area contributed by atoms with Crippen LogP contribution in [0, 0.1) is 0 Å². The molecule has 0 unspecified atom stereocenters. The summed E-state index contributed by atoms with van der Waals surface area (Å²) < 4.78 is 11.4. The van der Waals surface area contributed by atoms with Gasteiger partial charge in [0, 0.05) is 31.3 Å². The zero-order valence-electron chi connectivity index (χ0n) is 11.2. The van der Waals surface area contributed by atoms with Crippen molar-refractivity contribution < 1.29 is 14.6 Å². The van der Waals surface area contributed by atoms with Gasteiger partial charge in [-0.2, -0.15) is 0 Å². The lowest BCUT2D eigenvalue weighted by Gasteiger charge is -2.32. The van der Waals surface area contributed by atoms with Gasteiger partial charge in [0.25, 0.3) is 0 Å². The van der Waals surface area contributed by atoms with E-state index in [0.29, 0.717) is 6.04 Å². The van der Waals surface area contributed by atoms with Crippen molar-refractivity contribution in [1.82, 2.24) is 4.90 Å². The van der Waals surface area contributed by atoms with Crippen LogP contribution >= 0.6 is 0 Å². The van der Waals surface area contributed by atoms with Gasteiger partial charge >= 0.3 is 0 Å². The van der Waals surface area contributed by atoms with Crippen LogP contribution in [0.15, 0.2) is 18.2 Å². The van der Waals surface area contributed by atoms with E-state index in [9.17, 15) is 5.11 Å². The van der Waals surface area contributed by atoms with Crippen LogP contribution in [-0.4, -0.2) is 42.4 Å². The van der Waals surface area contributed by atoms with Crippen molar-refractivity contribution in [3.05, 3.63) is 29.3 Å². The van der Waals surface area contributed by atoms with E-state index < -0.39 is 0 Å². The zero-order chi connectivity index (χ0) is 13.1. The molecule has 4 heteroatoms. The third kappa shape index (κ3) is 2.91. The summed E-state index contributed by atoms with van der Waals surface area (Å²) in [7, 11) is 0. The van der Waals surface area contributed by atoms with Crippen LogP contribution in [-0.2, 0) is 17.9 Å². The molecule has 0 amide bonds. The highest BCUT2D eigenvalue weighted by Crippen LogP contribution is 2.26. The molecular weight excluding hydrogens is 242 g/mol. The van der Waals surface area contributed by atoms with Gasteiger partial charge in [-0.1, -0.05) is 6.07 Å². The summed E-state index contributed by atoms with van der Waals surface area (Å²) in [5.74, 6) is 0.955. The molecule has 2 aliphatic heterocycles. The van der Waals surface area contributed by atoms with E-state index >= 15 is 0 Å². The number of aliphatic hydroxyl groups is 1. The molecule has 0 aliphatic carbocycles. The Morgan fingerprint density at radius 2 is 2.26 bits per heavy atom. The maximum absolute atomic E-state index is 9.25. The average Bonchev–Trinajstić information content (AvgIpc) is 2.69. The van der Waals surface area contributed by atoms with E-state index in [1.165, 1.54) is 12.0 Å². The average molecular weight is 263 g/mol. The Kier molecular flexibility index (Phi) is 4.01. The van der Waals surface area contributed by atoms with Crippen molar-refractivity contribution in [3.63, 3.8) is 0 Å². The number of rotatable bonds is 2. The summed E-state index contributed by atoms with van der Waals surface area (Å²) >= 11 is 0.